The van der Waals surface area contributed by atoms with Gasteiger partial charge in [0.05, 0.1) is 4.90 Å². The smallest absolute Gasteiger partial charge is 0.240 e. The summed E-state index contributed by atoms with van der Waals surface area (Å²) < 4.78 is 32.3. The van der Waals surface area contributed by atoms with Gasteiger partial charge < -0.3 is 10.5 Å². The monoisotopic (exact) mass is 298 g/mol. The molecule has 1 aromatic rings. The van der Waals surface area contributed by atoms with Crippen molar-refractivity contribution in [2.45, 2.75) is 30.7 Å². The van der Waals surface area contributed by atoms with Crippen LogP contribution in [-0.4, -0.2) is 28.2 Å². The maximum Gasteiger partial charge on any atom is 0.240 e. The fourth-order valence-corrected chi connectivity index (χ4v) is 3.33. The van der Waals surface area contributed by atoms with E-state index < -0.39 is 10.0 Å². The van der Waals surface area contributed by atoms with Crippen LogP contribution in [0.4, 0.5) is 0 Å². The molecule has 6 heteroatoms. The van der Waals surface area contributed by atoms with E-state index in [2.05, 4.69) is 4.72 Å². The van der Waals surface area contributed by atoms with E-state index in [1.54, 1.807) is 24.3 Å². The lowest BCUT2D eigenvalue weighted by molar-refractivity contribution is 0.0678. The third kappa shape index (κ3) is 4.02. The number of hydrogen-bond donors (Lipinski definition) is 2. The van der Waals surface area contributed by atoms with Crippen LogP contribution in [0.15, 0.2) is 29.2 Å². The largest absolute Gasteiger partial charge is 0.381 e. The molecule has 1 unspecified atom stereocenters. The highest BCUT2D eigenvalue weighted by molar-refractivity contribution is 7.89. The lowest BCUT2D eigenvalue weighted by Crippen LogP contribution is -2.32. The van der Waals surface area contributed by atoms with Gasteiger partial charge in [0, 0.05) is 25.8 Å². The minimum absolute atomic E-state index is 0.0954. The average molecular weight is 298 g/mol. The lowest BCUT2D eigenvalue weighted by atomic mass is 10.0. The van der Waals surface area contributed by atoms with Crippen LogP contribution in [0.3, 0.4) is 0 Å². The molecular weight excluding hydrogens is 276 g/mol. The van der Waals surface area contributed by atoms with Crippen LogP contribution in [0.2, 0.25) is 0 Å². The summed E-state index contributed by atoms with van der Waals surface area (Å²) in [5, 5.41) is 0. The van der Waals surface area contributed by atoms with E-state index in [4.69, 9.17) is 10.5 Å². The van der Waals surface area contributed by atoms with Crippen molar-refractivity contribution in [2.24, 2.45) is 11.7 Å². The predicted octanol–water partition coefficient (Wildman–Crippen LogP) is 1.41. The molecule has 0 amide bonds. The predicted molar refractivity (Wildman–Crippen MR) is 77.8 cm³/mol. The molecule has 3 N–H and O–H groups in total. The first-order chi connectivity index (χ1) is 9.49. The molecule has 112 valence electrons. The molecule has 0 bridgehead atoms. The zero-order chi connectivity index (χ0) is 14.6. The third-order valence-corrected chi connectivity index (χ3v) is 5.06. The fourth-order valence-electron chi connectivity index (χ4n) is 2.21. The van der Waals surface area contributed by atoms with Crippen molar-refractivity contribution in [3.05, 3.63) is 29.8 Å². The van der Waals surface area contributed by atoms with Crippen LogP contribution in [0, 0.1) is 5.92 Å². The molecule has 2 rings (SSSR count). The minimum atomic E-state index is -3.43. The summed E-state index contributed by atoms with van der Waals surface area (Å²) >= 11 is 0. The van der Waals surface area contributed by atoms with Gasteiger partial charge in [0.2, 0.25) is 10.0 Å². The van der Waals surface area contributed by atoms with Gasteiger partial charge >= 0.3 is 0 Å². The van der Waals surface area contributed by atoms with Crippen molar-refractivity contribution in [1.29, 1.82) is 0 Å². The number of rotatable bonds is 5. The Morgan fingerprint density at radius 1 is 1.30 bits per heavy atom. The molecule has 0 spiro atoms. The molecule has 1 atom stereocenters. The highest BCUT2D eigenvalue weighted by atomic mass is 32.2. The second-order valence-electron chi connectivity index (χ2n) is 5.27. The Balaban J connectivity index is 1.98. The van der Waals surface area contributed by atoms with Crippen molar-refractivity contribution in [2.75, 3.05) is 19.8 Å². The first-order valence-electron chi connectivity index (χ1n) is 6.92. The van der Waals surface area contributed by atoms with Gasteiger partial charge in [-0.25, -0.2) is 13.1 Å². The van der Waals surface area contributed by atoms with E-state index in [1.165, 1.54) is 0 Å². The summed E-state index contributed by atoms with van der Waals surface area (Å²) in [5.74, 6) is 0.363. The Hall–Kier alpha value is -0.950. The van der Waals surface area contributed by atoms with E-state index in [9.17, 15) is 8.42 Å². The normalized spacial score (nSPS) is 18.9. The quantitative estimate of drug-likeness (QED) is 0.861. The number of benzene rings is 1. The number of ether oxygens (including phenoxy) is 1. The standard InChI is InChI=1S/C14H22N2O3S/c1-11(15)13-2-4-14(5-3-13)20(17,18)16-10-12-6-8-19-9-7-12/h2-5,11-12,16H,6-10,15H2,1H3. The molecule has 20 heavy (non-hydrogen) atoms. The molecule has 5 nitrogen and oxygen atoms in total. The Bertz CT molecular complexity index is 520. The molecule has 1 aliphatic heterocycles. The molecule has 1 aliphatic rings. The highest BCUT2D eigenvalue weighted by Gasteiger charge is 2.19. The van der Waals surface area contributed by atoms with Gasteiger partial charge in [0.15, 0.2) is 0 Å². The second kappa shape index (κ2) is 6.67. The molecule has 0 aliphatic carbocycles. The molecule has 0 saturated carbocycles. The van der Waals surface area contributed by atoms with E-state index in [1.807, 2.05) is 6.92 Å². The summed E-state index contributed by atoms with van der Waals surface area (Å²) in [7, 11) is -3.43. The number of nitrogens with one attached hydrogen (secondary N) is 1. The molecule has 1 fully saturated rings. The van der Waals surface area contributed by atoms with E-state index in [-0.39, 0.29) is 10.9 Å². The lowest BCUT2D eigenvalue weighted by Gasteiger charge is -2.22. The number of nitrogens with two attached hydrogens (primary N) is 1. The molecular formula is C14H22N2O3S. The highest BCUT2D eigenvalue weighted by Crippen LogP contribution is 2.17. The zero-order valence-electron chi connectivity index (χ0n) is 11.7. The third-order valence-electron chi connectivity index (χ3n) is 3.62. The van der Waals surface area contributed by atoms with Gasteiger partial charge in [-0.15, -0.1) is 0 Å². The Morgan fingerprint density at radius 3 is 2.45 bits per heavy atom. The Kier molecular flexibility index (Phi) is 5.15. The van der Waals surface area contributed by atoms with E-state index >= 15 is 0 Å². The van der Waals surface area contributed by atoms with Gasteiger partial charge in [0.25, 0.3) is 0 Å². The van der Waals surface area contributed by atoms with Crippen LogP contribution >= 0.6 is 0 Å². The van der Waals surface area contributed by atoms with Gasteiger partial charge in [-0.3, -0.25) is 0 Å². The van der Waals surface area contributed by atoms with Crippen molar-refractivity contribution in [3.63, 3.8) is 0 Å². The van der Waals surface area contributed by atoms with Crippen molar-refractivity contribution in [1.82, 2.24) is 4.72 Å². The van der Waals surface area contributed by atoms with E-state index in [0.717, 1.165) is 31.6 Å². The van der Waals surface area contributed by atoms with Crippen molar-refractivity contribution in [3.8, 4) is 0 Å². The summed E-state index contributed by atoms with van der Waals surface area (Å²) in [4.78, 5) is 0.286. The molecule has 0 radical (unpaired) electrons. The van der Waals surface area contributed by atoms with Gasteiger partial charge in [0.1, 0.15) is 0 Å². The zero-order valence-corrected chi connectivity index (χ0v) is 12.5. The van der Waals surface area contributed by atoms with Crippen LogP contribution < -0.4 is 10.5 Å². The fraction of sp³-hybridized carbons (Fsp3) is 0.571. The van der Waals surface area contributed by atoms with Gasteiger partial charge in [-0.1, -0.05) is 12.1 Å². The number of hydrogen-bond acceptors (Lipinski definition) is 4. The van der Waals surface area contributed by atoms with Crippen LogP contribution in [0.5, 0.6) is 0 Å². The molecule has 1 saturated heterocycles. The first-order valence-corrected chi connectivity index (χ1v) is 8.40. The summed E-state index contributed by atoms with van der Waals surface area (Å²) in [6, 6.07) is 6.62. The molecule has 1 heterocycles. The van der Waals surface area contributed by atoms with Crippen molar-refractivity contribution >= 4 is 10.0 Å². The molecule has 0 aromatic heterocycles. The first kappa shape index (κ1) is 15.4. The molecule has 1 aromatic carbocycles. The minimum Gasteiger partial charge on any atom is -0.381 e. The number of sulfonamides is 1. The van der Waals surface area contributed by atoms with Crippen molar-refractivity contribution < 1.29 is 13.2 Å². The Morgan fingerprint density at radius 2 is 1.90 bits per heavy atom. The topological polar surface area (TPSA) is 81.4 Å². The summed E-state index contributed by atoms with van der Waals surface area (Å²) in [6.45, 7) is 3.78. The van der Waals surface area contributed by atoms with Crippen LogP contribution in [0.25, 0.3) is 0 Å². The maximum atomic E-state index is 12.2. The Labute approximate surface area is 120 Å². The summed E-state index contributed by atoms with van der Waals surface area (Å²) in [5.41, 5.74) is 6.68. The van der Waals surface area contributed by atoms with Crippen LogP contribution in [-0.2, 0) is 14.8 Å². The summed E-state index contributed by atoms with van der Waals surface area (Å²) in [6.07, 6.45) is 1.82. The average Bonchev–Trinajstić information content (AvgIpc) is 2.46. The van der Waals surface area contributed by atoms with E-state index in [0.29, 0.717) is 12.5 Å². The van der Waals surface area contributed by atoms with Gasteiger partial charge in [-0.05, 0) is 43.4 Å². The van der Waals surface area contributed by atoms with Crippen LogP contribution in [0.1, 0.15) is 31.4 Å². The van der Waals surface area contributed by atoms with Gasteiger partial charge in [-0.2, -0.15) is 0 Å². The SMILES string of the molecule is CC(N)c1ccc(S(=O)(=O)NCC2CCOCC2)cc1. The maximum absolute atomic E-state index is 12.2. The second-order valence-corrected chi connectivity index (χ2v) is 7.03.